The van der Waals surface area contributed by atoms with Crippen LogP contribution in [0.4, 0.5) is 14.5 Å². The van der Waals surface area contributed by atoms with Crippen LogP contribution in [0.25, 0.3) is 16.7 Å². The average Bonchev–Trinajstić information content (AvgIpc) is 3.48. The minimum atomic E-state index is -0.885. The first-order chi connectivity index (χ1) is 22.2. The van der Waals surface area contributed by atoms with Crippen LogP contribution in [0.1, 0.15) is 67.3 Å². The molecule has 0 fully saturated rings. The van der Waals surface area contributed by atoms with E-state index in [1.807, 2.05) is 43.3 Å². The number of rotatable bonds is 5. The molecule has 0 radical (unpaired) electrons. The Morgan fingerprint density at radius 1 is 1.11 bits per heavy atom. The molecular weight excluding hydrogens is 614 g/mol. The summed E-state index contributed by atoms with van der Waals surface area (Å²) in [4.78, 5) is 33.2. The molecule has 2 amide bonds. The molecule has 9 nitrogen and oxygen atoms in total. The van der Waals surface area contributed by atoms with E-state index >= 15 is 0 Å². The van der Waals surface area contributed by atoms with Gasteiger partial charge in [-0.1, -0.05) is 37.1 Å². The Kier molecular flexibility index (Phi) is 8.90. The number of carbonyl (C=O) groups is 2. The Morgan fingerprint density at radius 2 is 1.93 bits per heavy atom. The van der Waals surface area contributed by atoms with Crippen molar-refractivity contribution in [1.82, 2.24) is 20.1 Å². The van der Waals surface area contributed by atoms with Gasteiger partial charge >= 0.3 is 0 Å². The lowest BCUT2D eigenvalue weighted by molar-refractivity contribution is -0.129. The van der Waals surface area contributed by atoms with Crippen LogP contribution in [0.3, 0.4) is 0 Å². The van der Waals surface area contributed by atoms with Crippen molar-refractivity contribution in [3.8, 4) is 17.2 Å². The average molecular weight is 643 g/mol. The number of pyridine rings is 1. The molecule has 0 saturated heterocycles. The monoisotopic (exact) mass is 642 g/mol. The summed E-state index contributed by atoms with van der Waals surface area (Å²) < 4.78 is 35.0. The maximum Gasteiger partial charge on any atom is 0.247 e. The maximum absolute atomic E-state index is 14.8. The molecule has 1 N–H and O–H groups in total. The van der Waals surface area contributed by atoms with E-state index < -0.39 is 17.7 Å². The second-order valence-electron chi connectivity index (χ2n) is 11.5. The van der Waals surface area contributed by atoms with Crippen LogP contribution in [0.5, 0.6) is 0 Å². The number of nitrogens with one attached hydrogen (secondary N) is 1. The number of carbonyl (C=O) groups excluding carboxylic acids is 2. The molecule has 2 aliphatic heterocycles. The Hall–Kier alpha value is -4.95. The van der Waals surface area contributed by atoms with Crippen LogP contribution < -0.4 is 5.32 Å². The number of fused-ring (bicyclic) bond motifs is 4. The van der Waals surface area contributed by atoms with Gasteiger partial charge in [-0.25, -0.2) is 8.78 Å². The summed E-state index contributed by atoms with van der Waals surface area (Å²) in [5.74, 6) is -1.88. The number of nitriles is 1. The highest BCUT2D eigenvalue weighted by atomic mass is 35.5. The number of anilines is 1. The molecule has 2 aliphatic rings. The fraction of sp³-hybridized carbons (Fsp3) is 0.294. The van der Waals surface area contributed by atoms with Gasteiger partial charge in [0.2, 0.25) is 23.6 Å². The normalized spacial score (nSPS) is 18.5. The molecule has 12 heteroatoms. The van der Waals surface area contributed by atoms with Crippen LogP contribution >= 0.6 is 11.6 Å². The second-order valence-corrected chi connectivity index (χ2v) is 11.9. The van der Waals surface area contributed by atoms with Crippen LogP contribution in [0.15, 0.2) is 59.2 Å². The quantitative estimate of drug-likeness (QED) is 0.236. The number of hydrogen-bond donors (Lipinski definition) is 1. The van der Waals surface area contributed by atoms with Crippen LogP contribution in [0, 0.1) is 28.9 Å². The fourth-order valence-corrected chi connectivity index (χ4v) is 6.14. The highest BCUT2D eigenvalue weighted by Crippen LogP contribution is 2.37. The van der Waals surface area contributed by atoms with Gasteiger partial charge in [0, 0.05) is 36.0 Å². The molecule has 2 aromatic carbocycles. The van der Waals surface area contributed by atoms with Gasteiger partial charge in [0.1, 0.15) is 12.2 Å². The van der Waals surface area contributed by atoms with E-state index in [-0.39, 0.29) is 59.2 Å². The lowest BCUT2D eigenvalue weighted by Gasteiger charge is -2.34. The largest absolute Gasteiger partial charge is 0.424 e. The zero-order valence-corrected chi connectivity index (χ0v) is 25.7. The van der Waals surface area contributed by atoms with Crippen LogP contribution in [-0.4, -0.2) is 38.4 Å². The molecule has 234 valence electrons. The summed E-state index contributed by atoms with van der Waals surface area (Å²) >= 11 is 5.91. The van der Waals surface area contributed by atoms with Crippen molar-refractivity contribution >= 4 is 34.7 Å². The van der Waals surface area contributed by atoms with Crippen LogP contribution in [0.2, 0.25) is 5.02 Å². The molecule has 0 aliphatic carbocycles. The number of amides is 2. The number of halogens is 3. The third kappa shape index (κ3) is 6.39. The van der Waals surface area contributed by atoms with Crippen molar-refractivity contribution in [3.05, 3.63) is 100.0 Å². The van der Waals surface area contributed by atoms with E-state index in [0.717, 1.165) is 28.8 Å². The smallest absolute Gasteiger partial charge is 0.247 e. The molecule has 4 heterocycles. The first-order valence-corrected chi connectivity index (χ1v) is 15.3. The van der Waals surface area contributed by atoms with Gasteiger partial charge in [-0.2, -0.15) is 5.26 Å². The van der Waals surface area contributed by atoms with Gasteiger partial charge in [0.05, 0.1) is 34.8 Å². The topological polar surface area (TPSA) is 125 Å². The number of benzene rings is 2. The summed E-state index contributed by atoms with van der Waals surface area (Å²) in [7, 11) is 0. The SMILES string of the molecule is C[C@@H]1CCC[C@H](N2CCC(c3c(F)ccc(Cl)c3F)=CC2=O)c2cc(ccn2)-c2ccc(Cc3nnc(CC#N)o3)cc2NC1=O. The van der Waals surface area contributed by atoms with Crippen molar-refractivity contribution in [3.63, 3.8) is 0 Å². The van der Waals surface area contributed by atoms with Crippen LogP contribution in [-0.2, 0) is 22.4 Å². The third-order valence-electron chi connectivity index (χ3n) is 8.38. The zero-order chi connectivity index (χ0) is 32.4. The molecule has 0 unspecified atom stereocenters. The van der Waals surface area contributed by atoms with Crippen molar-refractivity contribution in [2.24, 2.45) is 5.92 Å². The Labute approximate surface area is 268 Å². The summed E-state index contributed by atoms with van der Waals surface area (Å²) in [6.07, 6.45) is 5.28. The van der Waals surface area contributed by atoms with Gasteiger partial charge in [-0.15, -0.1) is 10.2 Å². The number of aromatic nitrogens is 3. The zero-order valence-electron chi connectivity index (χ0n) is 24.9. The molecule has 2 atom stereocenters. The number of hydrogen-bond acceptors (Lipinski definition) is 7. The second kappa shape index (κ2) is 13.2. The summed E-state index contributed by atoms with van der Waals surface area (Å²) in [5.41, 5.74) is 3.64. The van der Waals surface area contributed by atoms with E-state index in [9.17, 15) is 18.4 Å². The van der Waals surface area contributed by atoms with E-state index in [2.05, 4.69) is 20.5 Å². The van der Waals surface area contributed by atoms with Gasteiger partial charge < -0.3 is 14.6 Å². The molecule has 4 aromatic rings. The van der Waals surface area contributed by atoms with E-state index in [1.54, 1.807) is 11.1 Å². The molecule has 6 rings (SSSR count). The first kappa shape index (κ1) is 31.0. The van der Waals surface area contributed by atoms with Crippen molar-refractivity contribution in [2.45, 2.75) is 51.5 Å². The van der Waals surface area contributed by atoms with E-state index in [0.29, 0.717) is 43.0 Å². The van der Waals surface area contributed by atoms with Crippen molar-refractivity contribution in [2.75, 3.05) is 11.9 Å². The third-order valence-corrected chi connectivity index (χ3v) is 8.67. The number of nitrogens with zero attached hydrogens (tertiary/aromatic N) is 5. The minimum Gasteiger partial charge on any atom is -0.424 e. The highest BCUT2D eigenvalue weighted by molar-refractivity contribution is 6.31. The van der Waals surface area contributed by atoms with Gasteiger partial charge in [0.15, 0.2) is 5.82 Å². The molecular formula is C34H29ClF2N6O3. The Balaban J connectivity index is 1.34. The van der Waals surface area contributed by atoms with E-state index in [1.165, 1.54) is 6.08 Å². The van der Waals surface area contributed by atoms with E-state index in [4.69, 9.17) is 21.3 Å². The predicted octanol–water partition coefficient (Wildman–Crippen LogP) is 6.84. The van der Waals surface area contributed by atoms with Crippen molar-refractivity contribution in [1.29, 1.82) is 5.26 Å². The molecule has 2 bridgehead atoms. The van der Waals surface area contributed by atoms with Gasteiger partial charge in [-0.05, 0) is 66.3 Å². The lowest BCUT2D eigenvalue weighted by atomic mass is 9.92. The maximum atomic E-state index is 14.8. The highest BCUT2D eigenvalue weighted by Gasteiger charge is 2.31. The predicted molar refractivity (Wildman–Crippen MR) is 166 cm³/mol. The Morgan fingerprint density at radius 3 is 2.74 bits per heavy atom. The molecule has 2 aromatic heterocycles. The first-order valence-electron chi connectivity index (χ1n) is 14.9. The molecule has 0 spiro atoms. The van der Waals surface area contributed by atoms with Crippen molar-refractivity contribution < 1.29 is 22.8 Å². The fourth-order valence-electron chi connectivity index (χ4n) is 5.98. The molecule has 0 saturated carbocycles. The van der Waals surface area contributed by atoms with Gasteiger partial charge in [-0.3, -0.25) is 14.6 Å². The summed E-state index contributed by atoms with van der Waals surface area (Å²) in [6.45, 7) is 2.09. The lowest BCUT2D eigenvalue weighted by Crippen LogP contribution is -2.38. The minimum absolute atomic E-state index is 0.0238. The van der Waals surface area contributed by atoms with Gasteiger partial charge in [0.25, 0.3) is 0 Å². The Bertz CT molecular complexity index is 1900. The summed E-state index contributed by atoms with van der Waals surface area (Å²) in [5, 5.41) is 19.7. The standard InChI is InChI=1S/C34H29ClF2N6O3/c1-19-3-2-4-28(43-14-11-22(18-31(43)44)32-25(36)8-7-24(35)33(32)37)27-17-21(10-13-39-27)23-6-5-20(15-26(23)40-34(19)45)16-30-42-41-29(46-30)9-12-38/h5-8,10,13,15,17-19,28H,2-4,9,11,14,16H2,1H3,(H,40,45)/t19-,28+/m1/s1. The summed E-state index contributed by atoms with van der Waals surface area (Å²) in [6, 6.07) is 13.2. The molecule has 46 heavy (non-hydrogen) atoms.